The van der Waals surface area contributed by atoms with Crippen LogP contribution in [0.2, 0.25) is 0 Å². The Hall–Kier alpha value is -2.63. The van der Waals surface area contributed by atoms with E-state index in [0.29, 0.717) is 18.2 Å². The fourth-order valence-corrected chi connectivity index (χ4v) is 4.31. The van der Waals surface area contributed by atoms with Crippen LogP contribution in [0.3, 0.4) is 0 Å². The Kier molecular flexibility index (Phi) is 5.74. The highest BCUT2D eigenvalue weighted by molar-refractivity contribution is 5.76. The van der Waals surface area contributed by atoms with Crippen molar-refractivity contribution in [3.63, 3.8) is 0 Å². The Morgan fingerprint density at radius 1 is 0.929 bits per heavy atom. The van der Waals surface area contributed by atoms with E-state index in [1.165, 1.54) is 30.4 Å². The summed E-state index contributed by atoms with van der Waals surface area (Å²) in [5, 5.41) is 4.59. The number of amides is 1. The smallest absolute Gasteiger partial charge is 0.271 e. The van der Waals surface area contributed by atoms with Gasteiger partial charge in [0, 0.05) is 38.7 Å². The minimum atomic E-state index is -0.141. The van der Waals surface area contributed by atoms with Gasteiger partial charge in [0.05, 0.1) is 5.69 Å². The Bertz CT molecular complexity index is 858. The molecule has 6 nitrogen and oxygen atoms in total. The maximum atomic E-state index is 12.7. The topological polar surface area (TPSA) is 58.4 Å². The highest BCUT2D eigenvalue weighted by Crippen LogP contribution is 2.28. The number of carbonyl (C=O) groups is 1. The van der Waals surface area contributed by atoms with E-state index in [-0.39, 0.29) is 5.56 Å². The van der Waals surface area contributed by atoms with Crippen LogP contribution in [0.4, 0.5) is 5.82 Å². The van der Waals surface area contributed by atoms with Gasteiger partial charge in [-0.15, -0.1) is 5.10 Å². The lowest BCUT2D eigenvalue weighted by molar-refractivity contribution is -0.131. The third-order valence-corrected chi connectivity index (χ3v) is 5.90. The molecule has 0 radical (unpaired) electrons. The zero-order chi connectivity index (χ0) is 19.3. The molecule has 0 atom stereocenters. The van der Waals surface area contributed by atoms with Crippen molar-refractivity contribution in [2.45, 2.75) is 38.5 Å². The first-order valence-corrected chi connectivity index (χ1v) is 10.4. The third-order valence-electron chi connectivity index (χ3n) is 5.90. The summed E-state index contributed by atoms with van der Waals surface area (Å²) in [7, 11) is 0. The molecule has 2 aromatic rings. The lowest BCUT2D eigenvalue weighted by Gasteiger charge is -2.24. The summed E-state index contributed by atoms with van der Waals surface area (Å²) < 4.78 is 1.45. The summed E-state index contributed by atoms with van der Waals surface area (Å²) in [5.74, 6) is 1.67. The van der Waals surface area contributed by atoms with Crippen molar-refractivity contribution in [3.05, 3.63) is 52.8 Å². The lowest BCUT2D eigenvalue weighted by atomic mass is 10.0. The van der Waals surface area contributed by atoms with E-state index in [4.69, 9.17) is 0 Å². The Labute approximate surface area is 165 Å². The molecule has 1 aliphatic heterocycles. The van der Waals surface area contributed by atoms with E-state index < -0.39 is 0 Å². The summed E-state index contributed by atoms with van der Waals surface area (Å²) in [5.41, 5.74) is 0.621. The number of para-hydroxylation sites is 1. The molecule has 4 rings (SSSR count). The Morgan fingerprint density at radius 2 is 1.71 bits per heavy atom. The van der Waals surface area contributed by atoms with Gasteiger partial charge >= 0.3 is 0 Å². The summed E-state index contributed by atoms with van der Waals surface area (Å²) in [6.45, 7) is 3.11. The highest BCUT2D eigenvalue weighted by Gasteiger charge is 2.24. The summed E-state index contributed by atoms with van der Waals surface area (Å²) >= 11 is 0. The number of aromatic nitrogens is 2. The van der Waals surface area contributed by atoms with Gasteiger partial charge in [0.2, 0.25) is 5.91 Å². The van der Waals surface area contributed by atoms with Crippen molar-refractivity contribution >= 4 is 11.7 Å². The van der Waals surface area contributed by atoms with Crippen LogP contribution in [0.5, 0.6) is 0 Å². The quantitative estimate of drug-likeness (QED) is 0.818. The van der Waals surface area contributed by atoms with Crippen molar-refractivity contribution in [3.8, 4) is 5.69 Å². The largest absolute Gasteiger partial charge is 0.353 e. The van der Waals surface area contributed by atoms with Crippen LogP contribution in [-0.4, -0.2) is 46.8 Å². The molecule has 1 amide bonds. The number of carbonyl (C=O) groups excluding carboxylic acids is 1. The predicted octanol–water partition coefficient (Wildman–Crippen LogP) is 2.85. The maximum Gasteiger partial charge on any atom is 0.271 e. The van der Waals surface area contributed by atoms with E-state index in [9.17, 15) is 9.59 Å². The molecule has 1 saturated carbocycles. The predicted molar refractivity (Wildman–Crippen MR) is 110 cm³/mol. The molecule has 1 saturated heterocycles. The van der Waals surface area contributed by atoms with Crippen molar-refractivity contribution in [1.82, 2.24) is 14.7 Å². The fraction of sp³-hybridized carbons (Fsp3) is 0.500. The molecule has 0 N–H and O–H groups in total. The normalized spacial score (nSPS) is 18.3. The van der Waals surface area contributed by atoms with Crippen LogP contribution in [-0.2, 0) is 4.79 Å². The molecule has 2 fully saturated rings. The number of hydrogen-bond acceptors (Lipinski definition) is 4. The monoisotopic (exact) mass is 380 g/mol. The van der Waals surface area contributed by atoms with Gasteiger partial charge in [-0.05, 0) is 43.4 Å². The first-order chi connectivity index (χ1) is 13.7. The van der Waals surface area contributed by atoms with E-state index in [2.05, 4.69) is 10.00 Å². The molecule has 28 heavy (non-hydrogen) atoms. The molecule has 6 heteroatoms. The van der Waals surface area contributed by atoms with Crippen LogP contribution in [0.25, 0.3) is 5.69 Å². The van der Waals surface area contributed by atoms with E-state index in [0.717, 1.165) is 44.1 Å². The summed E-state index contributed by atoms with van der Waals surface area (Å²) in [6, 6.07) is 12.8. The number of benzene rings is 1. The van der Waals surface area contributed by atoms with Crippen LogP contribution >= 0.6 is 0 Å². The van der Waals surface area contributed by atoms with E-state index in [1.807, 2.05) is 35.2 Å². The molecular weight excluding hydrogens is 352 g/mol. The minimum absolute atomic E-state index is 0.141. The van der Waals surface area contributed by atoms with Crippen molar-refractivity contribution in [1.29, 1.82) is 0 Å². The highest BCUT2D eigenvalue weighted by atomic mass is 16.2. The first kappa shape index (κ1) is 18.7. The molecule has 0 unspecified atom stereocenters. The number of nitrogens with zero attached hydrogens (tertiary/aromatic N) is 4. The number of anilines is 1. The molecule has 148 valence electrons. The van der Waals surface area contributed by atoms with Gasteiger partial charge < -0.3 is 9.80 Å². The van der Waals surface area contributed by atoms with E-state index >= 15 is 0 Å². The Balaban J connectivity index is 1.44. The van der Waals surface area contributed by atoms with Gasteiger partial charge in [0.15, 0.2) is 0 Å². The minimum Gasteiger partial charge on any atom is -0.353 e. The standard InChI is InChI=1S/C22H28N4O2/c27-21-12-11-20(23-26(21)19-9-2-1-3-10-19)24-13-6-14-25(16-15-24)22(28)17-18-7-4-5-8-18/h1-3,9-12,18H,4-8,13-17H2. The molecular formula is C22H28N4O2. The first-order valence-electron chi connectivity index (χ1n) is 10.4. The molecule has 1 aliphatic carbocycles. The average Bonchev–Trinajstić information content (AvgIpc) is 3.10. The molecule has 2 heterocycles. The number of rotatable bonds is 4. The van der Waals surface area contributed by atoms with Crippen LogP contribution in [0.15, 0.2) is 47.3 Å². The second-order valence-corrected chi connectivity index (χ2v) is 7.85. The second-order valence-electron chi connectivity index (χ2n) is 7.85. The van der Waals surface area contributed by atoms with Gasteiger partial charge in [-0.3, -0.25) is 9.59 Å². The zero-order valence-electron chi connectivity index (χ0n) is 16.3. The van der Waals surface area contributed by atoms with Crippen LogP contribution < -0.4 is 10.5 Å². The van der Waals surface area contributed by atoms with Crippen molar-refractivity contribution < 1.29 is 4.79 Å². The lowest BCUT2D eigenvalue weighted by Crippen LogP contribution is -2.36. The molecule has 0 spiro atoms. The zero-order valence-corrected chi connectivity index (χ0v) is 16.3. The number of hydrogen-bond donors (Lipinski definition) is 0. The van der Waals surface area contributed by atoms with Gasteiger partial charge in [-0.25, -0.2) is 0 Å². The van der Waals surface area contributed by atoms with Gasteiger partial charge in [0.1, 0.15) is 5.82 Å². The van der Waals surface area contributed by atoms with E-state index in [1.54, 1.807) is 12.1 Å². The maximum absolute atomic E-state index is 12.7. The molecule has 0 bridgehead atoms. The van der Waals surface area contributed by atoms with Crippen molar-refractivity contribution in [2.75, 3.05) is 31.1 Å². The fourth-order valence-electron chi connectivity index (χ4n) is 4.31. The van der Waals surface area contributed by atoms with Gasteiger partial charge in [0.25, 0.3) is 5.56 Å². The Morgan fingerprint density at radius 3 is 2.50 bits per heavy atom. The van der Waals surface area contributed by atoms with Gasteiger partial charge in [-0.2, -0.15) is 4.68 Å². The molecule has 1 aromatic carbocycles. The van der Waals surface area contributed by atoms with Crippen LogP contribution in [0, 0.1) is 5.92 Å². The second kappa shape index (κ2) is 8.59. The average molecular weight is 380 g/mol. The summed E-state index contributed by atoms with van der Waals surface area (Å²) in [4.78, 5) is 29.1. The SMILES string of the molecule is O=C(CC1CCCC1)N1CCCN(c2ccc(=O)n(-c3ccccc3)n2)CC1. The summed E-state index contributed by atoms with van der Waals surface area (Å²) in [6.07, 6.45) is 6.58. The molecule has 1 aromatic heterocycles. The van der Waals surface area contributed by atoms with Crippen LogP contribution in [0.1, 0.15) is 38.5 Å². The van der Waals surface area contributed by atoms with Gasteiger partial charge in [-0.1, -0.05) is 31.0 Å². The molecule has 2 aliphatic rings. The van der Waals surface area contributed by atoms with Crippen molar-refractivity contribution in [2.24, 2.45) is 5.92 Å². The third kappa shape index (κ3) is 4.26.